The Morgan fingerprint density at radius 1 is 1.18 bits per heavy atom. The van der Waals surface area contributed by atoms with Crippen LogP contribution in [0.15, 0.2) is 30.3 Å². The molecule has 186 valence electrons. The van der Waals surface area contributed by atoms with E-state index in [0.29, 0.717) is 22.9 Å². The van der Waals surface area contributed by atoms with Crippen molar-refractivity contribution in [3.05, 3.63) is 52.0 Å². The van der Waals surface area contributed by atoms with E-state index in [9.17, 15) is 4.79 Å². The van der Waals surface area contributed by atoms with E-state index < -0.39 is 0 Å². The third-order valence-corrected chi connectivity index (χ3v) is 6.27. The lowest BCUT2D eigenvalue weighted by molar-refractivity contribution is 0.0966. The van der Waals surface area contributed by atoms with Crippen molar-refractivity contribution in [2.75, 3.05) is 34.3 Å². The van der Waals surface area contributed by atoms with Crippen LogP contribution in [0.1, 0.15) is 35.3 Å². The van der Waals surface area contributed by atoms with Crippen molar-refractivity contribution in [3.8, 4) is 17.0 Å². The fourth-order valence-electron chi connectivity index (χ4n) is 4.63. The number of halogens is 3. The first-order valence-corrected chi connectivity index (χ1v) is 11.2. The Labute approximate surface area is 218 Å². The predicted octanol–water partition coefficient (Wildman–Crippen LogP) is 5.26. The summed E-state index contributed by atoms with van der Waals surface area (Å²) in [6.45, 7) is 7.74. The maximum absolute atomic E-state index is 12.5. The van der Waals surface area contributed by atoms with E-state index in [1.807, 2.05) is 6.07 Å². The highest BCUT2D eigenvalue weighted by atomic mass is 35.5. The molecule has 6 nitrogen and oxygen atoms in total. The van der Waals surface area contributed by atoms with Gasteiger partial charge >= 0.3 is 0 Å². The van der Waals surface area contributed by atoms with E-state index in [4.69, 9.17) is 16.3 Å². The second kappa shape index (κ2) is 11.2. The summed E-state index contributed by atoms with van der Waals surface area (Å²) in [4.78, 5) is 18.2. The molecule has 1 aromatic heterocycles. The highest BCUT2D eigenvalue weighted by molar-refractivity contribution is 6.34. The Morgan fingerprint density at radius 3 is 2.59 bits per heavy atom. The zero-order chi connectivity index (χ0) is 23.0. The van der Waals surface area contributed by atoms with Gasteiger partial charge in [-0.15, -0.1) is 24.8 Å². The van der Waals surface area contributed by atoms with Crippen molar-refractivity contribution in [1.82, 2.24) is 20.5 Å². The van der Waals surface area contributed by atoms with E-state index in [-0.39, 0.29) is 36.1 Å². The number of carbonyl (C=O) groups is 1. The highest BCUT2D eigenvalue weighted by Gasteiger charge is 2.28. The molecule has 3 N–H and O–H groups in total. The summed E-state index contributed by atoms with van der Waals surface area (Å²) in [6.07, 6.45) is 0. The van der Waals surface area contributed by atoms with Crippen LogP contribution >= 0.6 is 36.4 Å². The molecule has 3 aromatic rings. The maximum Gasteiger partial charge on any atom is 0.252 e. The van der Waals surface area contributed by atoms with E-state index >= 15 is 0 Å². The van der Waals surface area contributed by atoms with E-state index in [2.05, 4.69) is 72.7 Å². The van der Waals surface area contributed by atoms with Crippen molar-refractivity contribution in [2.24, 2.45) is 5.41 Å². The third kappa shape index (κ3) is 5.81. The molecule has 0 saturated heterocycles. The van der Waals surface area contributed by atoms with Crippen molar-refractivity contribution < 1.29 is 9.53 Å². The van der Waals surface area contributed by atoms with Crippen molar-refractivity contribution in [2.45, 2.75) is 26.9 Å². The van der Waals surface area contributed by atoms with Crippen LogP contribution in [0, 0.1) is 5.41 Å². The first-order valence-electron chi connectivity index (χ1n) is 10.8. The average Bonchev–Trinajstić information content (AvgIpc) is 3.31. The number of nitrogens with zero attached hydrogens (tertiary/aromatic N) is 1. The van der Waals surface area contributed by atoms with Gasteiger partial charge < -0.3 is 25.3 Å². The van der Waals surface area contributed by atoms with E-state index in [1.165, 1.54) is 5.56 Å². The lowest BCUT2D eigenvalue weighted by Gasteiger charge is -2.28. The van der Waals surface area contributed by atoms with Gasteiger partial charge in [0.05, 0.1) is 17.7 Å². The number of benzene rings is 2. The molecule has 2 aromatic carbocycles. The molecule has 1 aliphatic rings. The molecule has 1 aliphatic heterocycles. The lowest BCUT2D eigenvalue weighted by atomic mass is 9.93. The average molecular weight is 528 g/mol. The Morgan fingerprint density at radius 2 is 1.91 bits per heavy atom. The lowest BCUT2D eigenvalue weighted by Crippen LogP contribution is -2.37. The van der Waals surface area contributed by atoms with Gasteiger partial charge in [0, 0.05) is 53.9 Å². The number of methoxy groups -OCH3 is 1. The first-order chi connectivity index (χ1) is 15.2. The monoisotopic (exact) mass is 526 g/mol. The number of hydrogen-bond acceptors (Lipinski definition) is 4. The van der Waals surface area contributed by atoms with E-state index in [0.717, 1.165) is 47.4 Å². The summed E-state index contributed by atoms with van der Waals surface area (Å²) < 4.78 is 5.46. The minimum atomic E-state index is -0.108. The van der Waals surface area contributed by atoms with Gasteiger partial charge in [-0.2, -0.15) is 0 Å². The summed E-state index contributed by atoms with van der Waals surface area (Å²) in [6, 6.07) is 10.3. The van der Waals surface area contributed by atoms with Crippen molar-refractivity contribution in [3.63, 3.8) is 0 Å². The second-order valence-corrected chi connectivity index (χ2v) is 9.96. The summed E-state index contributed by atoms with van der Waals surface area (Å²) >= 11 is 6.45. The molecular weight excluding hydrogens is 495 g/mol. The van der Waals surface area contributed by atoms with Crippen LogP contribution in [0.4, 0.5) is 0 Å². The normalized spacial score (nSPS) is 12.9. The van der Waals surface area contributed by atoms with Crippen LogP contribution in [0.25, 0.3) is 22.2 Å². The van der Waals surface area contributed by atoms with Crippen molar-refractivity contribution in [1.29, 1.82) is 0 Å². The number of rotatable bonds is 8. The fourth-order valence-corrected chi connectivity index (χ4v) is 4.92. The van der Waals surface area contributed by atoms with Crippen LogP contribution in [0.3, 0.4) is 0 Å². The predicted molar refractivity (Wildman–Crippen MR) is 145 cm³/mol. The Hall–Kier alpha value is -1.96. The van der Waals surface area contributed by atoms with Gasteiger partial charge in [0.2, 0.25) is 0 Å². The number of aromatic nitrogens is 1. The first kappa shape index (κ1) is 28.3. The quantitative estimate of drug-likeness (QED) is 0.374. The van der Waals surface area contributed by atoms with Gasteiger partial charge in [-0.3, -0.25) is 4.79 Å². The van der Waals surface area contributed by atoms with Crippen LogP contribution < -0.4 is 15.4 Å². The van der Waals surface area contributed by atoms with Crippen LogP contribution in [0.2, 0.25) is 5.02 Å². The largest absolute Gasteiger partial charge is 0.495 e. The highest BCUT2D eigenvalue weighted by Crippen LogP contribution is 2.40. The molecule has 0 atom stereocenters. The molecule has 0 bridgehead atoms. The molecule has 34 heavy (non-hydrogen) atoms. The van der Waals surface area contributed by atoms with Crippen LogP contribution in [-0.4, -0.2) is 50.1 Å². The number of fused-ring (bicyclic) bond motifs is 2. The van der Waals surface area contributed by atoms with Crippen molar-refractivity contribution >= 4 is 53.2 Å². The van der Waals surface area contributed by atoms with Gasteiger partial charge in [0.1, 0.15) is 5.75 Å². The number of ether oxygens (including phenoxy) is 1. The summed E-state index contributed by atoms with van der Waals surface area (Å²) in [5.74, 6) is 0.462. The second-order valence-electron chi connectivity index (χ2n) is 9.59. The standard InChI is InChI=1S/C25H31ClN4O2.2ClH/c1-25(2,14-30(3)4)13-27-11-15-6-7-19-16(8-15)9-20(29-19)17-10-21(32-5)23(26)18-12-28-24(31)22(17)18;;/h6-10,27,29H,11-14H2,1-5H3,(H,28,31);2*1H. The number of aromatic amines is 1. The zero-order valence-electron chi connectivity index (χ0n) is 20.2. The molecule has 2 heterocycles. The number of nitrogens with one attached hydrogen (secondary N) is 3. The maximum atomic E-state index is 12.5. The molecule has 0 unspecified atom stereocenters. The minimum absolute atomic E-state index is 0. The summed E-state index contributed by atoms with van der Waals surface area (Å²) in [5.41, 5.74) is 5.53. The molecular formula is C25H33Cl3N4O2. The van der Waals surface area contributed by atoms with Crippen LogP contribution in [-0.2, 0) is 13.1 Å². The molecule has 0 radical (unpaired) electrons. The Balaban J connectivity index is 0.00000204. The zero-order valence-corrected chi connectivity index (χ0v) is 22.6. The topological polar surface area (TPSA) is 69.4 Å². The van der Waals surface area contributed by atoms with Crippen LogP contribution in [0.5, 0.6) is 5.75 Å². The smallest absolute Gasteiger partial charge is 0.252 e. The van der Waals surface area contributed by atoms with Gasteiger partial charge in [-0.1, -0.05) is 31.5 Å². The SMILES string of the molecule is COc1cc(-c2cc3cc(CNCC(C)(C)CN(C)C)ccc3[nH]2)c2c(c1Cl)CNC2=O.Cl.Cl. The molecule has 0 spiro atoms. The third-order valence-electron chi connectivity index (χ3n) is 5.85. The molecule has 0 fully saturated rings. The Kier molecular flexibility index (Phi) is 9.30. The number of H-pyrrole nitrogens is 1. The molecule has 1 amide bonds. The fraction of sp³-hybridized carbons (Fsp3) is 0.400. The van der Waals surface area contributed by atoms with Gasteiger partial charge in [0.25, 0.3) is 5.91 Å². The minimum Gasteiger partial charge on any atom is -0.495 e. The van der Waals surface area contributed by atoms with E-state index in [1.54, 1.807) is 7.11 Å². The van der Waals surface area contributed by atoms with Gasteiger partial charge in [0.15, 0.2) is 0 Å². The molecule has 9 heteroatoms. The molecule has 0 aliphatic carbocycles. The molecule has 4 rings (SSSR count). The van der Waals surface area contributed by atoms with Gasteiger partial charge in [-0.05, 0) is 49.3 Å². The summed E-state index contributed by atoms with van der Waals surface area (Å²) in [7, 11) is 5.80. The number of amides is 1. The summed E-state index contributed by atoms with van der Waals surface area (Å²) in [5, 5.41) is 8.06. The Bertz CT molecular complexity index is 1170. The number of carbonyl (C=O) groups excluding carboxylic acids is 1. The van der Waals surface area contributed by atoms with Gasteiger partial charge in [-0.25, -0.2) is 0 Å². The number of hydrogen-bond donors (Lipinski definition) is 3. The molecule has 0 saturated carbocycles.